The number of hydrogen-bond donors (Lipinski definition) is 9. The zero-order valence-electron chi connectivity index (χ0n) is 46.2. The molecule has 2 aliphatic rings. The molecular formula is C56H81N11O8. The van der Waals surface area contributed by atoms with E-state index in [1.165, 1.54) is 28.0 Å². The number of anilines is 1. The van der Waals surface area contributed by atoms with Crippen LogP contribution in [0.1, 0.15) is 137 Å². The molecule has 0 aromatic heterocycles. The standard InChI is InChI=1S/C56H81N11O8/c1-30-15-19-36(20-16-30)32(3)60-51(72)43-26-41(28-66(43)53(74)45(55(7,8)9)64-47(68)34(5)58-13)62-49(70)38-23-39(25-40(57)24-38)50(71)63-42-27-44(52(73)61-33(4)37-21-17-31(2)18-22-37)67(29-42)54(75)46(56(10,11)12)65-48(69)35(6)59-14/h15-25,32-35,41-46,58-59H,26-29,57H2,1-14H3,(H,60,72)(H,61,73)(H,62,70)(H,63,71)(H,64,68)(H,65,69)/t32-,33-,34+,35+,41+,42+,43+,44+,45-,46-/m1/s1. The Morgan fingerprint density at radius 1 is 0.533 bits per heavy atom. The number of nitrogen functional groups attached to an aromatic ring is 1. The molecule has 10 atom stereocenters. The van der Waals surface area contributed by atoms with Gasteiger partial charge in [0.25, 0.3) is 11.8 Å². The highest BCUT2D eigenvalue weighted by molar-refractivity contribution is 6.02. The van der Waals surface area contributed by atoms with Crippen molar-refractivity contribution >= 4 is 52.9 Å². The lowest BCUT2D eigenvalue weighted by Gasteiger charge is -2.36. The summed E-state index contributed by atoms with van der Waals surface area (Å²) in [6, 6.07) is 12.0. The van der Waals surface area contributed by atoms with Crippen LogP contribution < -0.4 is 48.3 Å². The van der Waals surface area contributed by atoms with Gasteiger partial charge in [-0.25, -0.2) is 0 Å². The molecule has 5 rings (SSSR count). The molecule has 2 heterocycles. The Labute approximate surface area is 442 Å². The van der Waals surface area contributed by atoms with Crippen LogP contribution in [0.2, 0.25) is 0 Å². The fraction of sp³-hybridized carbons (Fsp3) is 0.536. The van der Waals surface area contributed by atoms with Crippen molar-refractivity contribution < 1.29 is 38.4 Å². The molecule has 2 aliphatic heterocycles. The van der Waals surface area contributed by atoms with E-state index in [4.69, 9.17) is 5.73 Å². The Bertz CT molecular complexity index is 2400. The molecule has 0 aliphatic carbocycles. The topological polar surface area (TPSA) is 265 Å². The highest BCUT2D eigenvalue weighted by Gasteiger charge is 2.47. The van der Waals surface area contributed by atoms with Crippen LogP contribution in [0.4, 0.5) is 5.69 Å². The molecule has 2 fully saturated rings. The molecule has 19 heteroatoms. The van der Waals surface area contributed by atoms with Crippen LogP contribution in [0, 0.1) is 24.7 Å². The van der Waals surface area contributed by atoms with Gasteiger partial charge in [0.05, 0.1) is 24.2 Å². The Balaban J connectivity index is 1.38. The minimum absolute atomic E-state index is 0.0323. The van der Waals surface area contributed by atoms with Crippen molar-refractivity contribution in [3.05, 3.63) is 100 Å². The molecule has 3 aromatic carbocycles. The third kappa shape index (κ3) is 15.1. The Hall–Kier alpha value is -6.86. The first-order valence-corrected chi connectivity index (χ1v) is 25.8. The minimum atomic E-state index is -1.03. The molecule has 3 aromatic rings. The van der Waals surface area contributed by atoms with Gasteiger partial charge in [-0.05, 0) is 109 Å². The van der Waals surface area contributed by atoms with E-state index in [0.717, 1.165) is 22.3 Å². The molecule has 0 saturated carbocycles. The van der Waals surface area contributed by atoms with Crippen molar-refractivity contribution in [2.75, 3.05) is 32.9 Å². The summed E-state index contributed by atoms with van der Waals surface area (Å²) in [7, 11) is 3.27. The summed E-state index contributed by atoms with van der Waals surface area (Å²) in [6.45, 7) is 21.7. The maximum Gasteiger partial charge on any atom is 0.251 e. The Morgan fingerprint density at radius 3 is 1.17 bits per heavy atom. The Morgan fingerprint density at radius 2 is 0.867 bits per heavy atom. The lowest BCUT2D eigenvalue weighted by atomic mass is 9.85. The first-order chi connectivity index (χ1) is 35.0. The Kier molecular flexibility index (Phi) is 19.4. The zero-order valence-corrected chi connectivity index (χ0v) is 46.2. The highest BCUT2D eigenvalue weighted by atomic mass is 16.2. The fourth-order valence-corrected chi connectivity index (χ4v) is 9.24. The van der Waals surface area contributed by atoms with Crippen LogP contribution in [0.15, 0.2) is 66.7 Å². The zero-order chi connectivity index (χ0) is 55.9. The smallest absolute Gasteiger partial charge is 0.251 e. The predicted octanol–water partition coefficient (Wildman–Crippen LogP) is 3.32. The second kappa shape index (κ2) is 24.7. The number of nitrogens with two attached hydrogens (primary N) is 1. The van der Waals surface area contributed by atoms with Gasteiger partial charge in [0.1, 0.15) is 24.2 Å². The van der Waals surface area contributed by atoms with Gasteiger partial charge in [0.15, 0.2) is 0 Å². The first-order valence-electron chi connectivity index (χ1n) is 25.8. The number of nitrogens with one attached hydrogen (secondary N) is 8. The molecule has 0 radical (unpaired) electrons. The van der Waals surface area contributed by atoms with Gasteiger partial charge in [0.2, 0.25) is 35.4 Å². The van der Waals surface area contributed by atoms with Crippen molar-refractivity contribution in [2.24, 2.45) is 10.8 Å². The van der Waals surface area contributed by atoms with Crippen LogP contribution in [0.5, 0.6) is 0 Å². The van der Waals surface area contributed by atoms with Crippen molar-refractivity contribution in [2.45, 2.75) is 156 Å². The highest BCUT2D eigenvalue weighted by Crippen LogP contribution is 2.30. The summed E-state index contributed by atoms with van der Waals surface area (Å²) >= 11 is 0. The predicted molar refractivity (Wildman–Crippen MR) is 289 cm³/mol. The SMILES string of the molecule is CN[C@@H](C)C(=O)N[C@H](C(=O)N1C[C@@H](NC(=O)c2cc(N)cc(C(=O)N[C@H]3C[C@@H](C(=O)N[C@H](C)c4ccc(C)cc4)N(C(=O)[C@@H](NC(=O)[C@H](C)NC)C(C)(C)C)C3)c2)C[C@H]1C(=O)N[C@H](C)c1ccc(C)cc1)C(C)(C)C. The fourth-order valence-electron chi connectivity index (χ4n) is 9.24. The molecule has 10 N–H and O–H groups in total. The summed E-state index contributed by atoms with van der Waals surface area (Å²) in [4.78, 5) is 115. The van der Waals surface area contributed by atoms with E-state index in [2.05, 4.69) is 42.5 Å². The van der Waals surface area contributed by atoms with Crippen molar-refractivity contribution in [3.63, 3.8) is 0 Å². The van der Waals surface area contributed by atoms with E-state index in [0.29, 0.717) is 0 Å². The normalized spacial score (nSPS) is 20.1. The van der Waals surface area contributed by atoms with Gasteiger partial charge in [-0.3, -0.25) is 38.4 Å². The lowest BCUT2D eigenvalue weighted by Crippen LogP contribution is -2.59. The first kappa shape index (κ1) is 59.0. The van der Waals surface area contributed by atoms with Crippen LogP contribution in [0.3, 0.4) is 0 Å². The number of carbonyl (C=O) groups is 8. The maximum atomic E-state index is 14.6. The number of amides is 8. The number of hydrogen-bond acceptors (Lipinski definition) is 11. The summed E-state index contributed by atoms with van der Waals surface area (Å²) in [6.07, 6.45) is 0.0854. The number of likely N-dealkylation sites (tertiary alicyclic amines) is 2. The maximum absolute atomic E-state index is 14.6. The quantitative estimate of drug-likeness (QED) is 0.0835. The molecule has 0 bridgehead atoms. The van der Waals surface area contributed by atoms with Crippen LogP contribution in [-0.4, -0.2) is 133 Å². The second-order valence-corrected chi connectivity index (χ2v) is 22.6. The van der Waals surface area contributed by atoms with E-state index < -0.39 is 119 Å². The average molecular weight is 1040 g/mol. The number of likely N-dealkylation sites (N-methyl/N-ethyl adjacent to an activating group) is 2. The molecule has 2 saturated heterocycles. The van der Waals surface area contributed by atoms with Gasteiger partial charge < -0.3 is 58.1 Å². The molecule has 0 spiro atoms. The number of benzene rings is 3. The van der Waals surface area contributed by atoms with Gasteiger partial charge in [-0.2, -0.15) is 0 Å². The third-order valence-electron chi connectivity index (χ3n) is 14.2. The van der Waals surface area contributed by atoms with Crippen LogP contribution in [0.25, 0.3) is 0 Å². The van der Waals surface area contributed by atoms with Crippen LogP contribution >= 0.6 is 0 Å². The lowest BCUT2D eigenvalue weighted by molar-refractivity contribution is -0.144. The van der Waals surface area contributed by atoms with E-state index in [-0.39, 0.29) is 42.7 Å². The largest absolute Gasteiger partial charge is 0.399 e. The van der Waals surface area contributed by atoms with E-state index in [1.807, 2.05) is 118 Å². The minimum Gasteiger partial charge on any atom is -0.399 e. The summed E-state index contributed by atoms with van der Waals surface area (Å²) in [5, 5.41) is 23.6. The molecule has 408 valence electrons. The van der Waals surface area contributed by atoms with Gasteiger partial charge >= 0.3 is 0 Å². The van der Waals surface area contributed by atoms with Crippen molar-refractivity contribution in [3.8, 4) is 0 Å². The number of carbonyl (C=O) groups excluding carboxylic acids is 8. The van der Waals surface area contributed by atoms with E-state index in [1.54, 1.807) is 27.9 Å². The molecular weight excluding hydrogens is 955 g/mol. The van der Waals surface area contributed by atoms with Gasteiger partial charge in [0, 0.05) is 42.0 Å². The van der Waals surface area contributed by atoms with Crippen molar-refractivity contribution in [1.82, 2.24) is 52.3 Å². The third-order valence-corrected chi connectivity index (χ3v) is 14.2. The van der Waals surface area contributed by atoms with Gasteiger partial charge in [-0.1, -0.05) is 101 Å². The summed E-state index contributed by atoms with van der Waals surface area (Å²) in [5.74, 6) is -3.88. The second-order valence-electron chi connectivity index (χ2n) is 22.6. The van der Waals surface area contributed by atoms with Crippen LogP contribution in [-0.2, 0) is 28.8 Å². The van der Waals surface area contributed by atoms with E-state index in [9.17, 15) is 38.4 Å². The number of rotatable bonds is 18. The van der Waals surface area contributed by atoms with Crippen molar-refractivity contribution in [1.29, 1.82) is 0 Å². The monoisotopic (exact) mass is 1040 g/mol. The number of aryl methyl sites for hydroxylation is 2. The van der Waals surface area contributed by atoms with E-state index >= 15 is 0 Å². The summed E-state index contributed by atoms with van der Waals surface area (Å²) < 4.78 is 0. The number of nitrogens with zero attached hydrogens (tertiary/aromatic N) is 2. The molecule has 8 amide bonds. The average Bonchev–Trinajstić information content (AvgIpc) is 3.98. The molecule has 0 unspecified atom stereocenters. The molecule has 19 nitrogen and oxygen atoms in total. The van der Waals surface area contributed by atoms with Gasteiger partial charge in [-0.15, -0.1) is 0 Å². The molecule has 75 heavy (non-hydrogen) atoms. The summed E-state index contributed by atoms with van der Waals surface area (Å²) in [5.41, 5.74) is 8.80.